The molecular weight excluding hydrogens is 242 g/mol. The van der Waals surface area contributed by atoms with E-state index in [9.17, 15) is 5.11 Å². The molecule has 1 aliphatic rings. The van der Waals surface area contributed by atoms with Gasteiger partial charge in [-0.1, -0.05) is 6.92 Å². The number of nitrogens with one attached hydrogen (secondary N) is 2. The van der Waals surface area contributed by atoms with E-state index in [1.165, 1.54) is 6.33 Å². The van der Waals surface area contributed by atoms with Crippen LogP contribution in [0.2, 0.25) is 0 Å². The second-order valence-electron chi connectivity index (χ2n) is 5.61. The van der Waals surface area contributed by atoms with Gasteiger partial charge in [-0.05, 0) is 31.6 Å². The summed E-state index contributed by atoms with van der Waals surface area (Å²) in [6, 6.07) is 0. The lowest BCUT2D eigenvalue weighted by Crippen LogP contribution is -2.40. The highest BCUT2D eigenvalue weighted by Crippen LogP contribution is 2.32. The third kappa shape index (κ3) is 2.53. The van der Waals surface area contributed by atoms with Crippen LogP contribution in [-0.4, -0.2) is 37.4 Å². The summed E-state index contributed by atoms with van der Waals surface area (Å²) in [4.78, 5) is 8.31. The van der Waals surface area contributed by atoms with Gasteiger partial charge in [0.2, 0.25) is 0 Å². The van der Waals surface area contributed by atoms with Gasteiger partial charge in [-0.25, -0.2) is 9.97 Å². The van der Waals surface area contributed by atoms with E-state index in [-0.39, 0.29) is 0 Å². The van der Waals surface area contributed by atoms with Gasteiger partial charge >= 0.3 is 0 Å². The predicted molar refractivity (Wildman–Crippen MR) is 72.8 cm³/mol. The fourth-order valence-corrected chi connectivity index (χ4v) is 2.63. The fraction of sp³-hybridized carbons (Fsp3) is 0.615. The summed E-state index contributed by atoms with van der Waals surface area (Å²) < 4.78 is 0. The number of fused-ring (bicyclic) bond motifs is 1. The third-order valence-corrected chi connectivity index (χ3v) is 4.04. The molecule has 6 heteroatoms. The normalized spacial score (nSPS) is 27.6. The van der Waals surface area contributed by atoms with Crippen LogP contribution in [-0.2, 0) is 0 Å². The maximum Gasteiger partial charge on any atom is 0.160 e. The molecule has 3 N–H and O–H groups in total. The molecule has 0 spiro atoms. The minimum Gasteiger partial charge on any atom is -0.388 e. The molecule has 2 heterocycles. The molecule has 0 aliphatic heterocycles. The van der Waals surface area contributed by atoms with Crippen molar-refractivity contribution in [3.63, 3.8) is 0 Å². The van der Waals surface area contributed by atoms with Crippen molar-refractivity contribution < 1.29 is 5.11 Å². The maximum atomic E-state index is 10.5. The molecule has 0 unspecified atom stereocenters. The van der Waals surface area contributed by atoms with E-state index in [0.29, 0.717) is 12.2 Å². The molecule has 0 bridgehead atoms. The Bertz CT molecular complexity index is 559. The van der Waals surface area contributed by atoms with Gasteiger partial charge in [0.25, 0.3) is 0 Å². The second-order valence-corrected chi connectivity index (χ2v) is 5.61. The van der Waals surface area contributed by atoms with Gasteiger partial charge < -0.3 is 10.4 Å². The fourth-order valence-electron chi connectivity index (χ4n) is 2.63. The van der Waals surface area contributed by atoms with Crippen LogP contribution < -0.4 is 5.32 Å². The molecular formula is C13H19N5O. The summed E-state index contributed by atoms with van der Waals surface area (Å²) in [5.41, 5.74) is 0.0924. The molecule has 6 nitrogen and oxygen atoms in total. The number of nitrogens with zero attached hydrogens (tertiary/aromatic N) is 3. The van der Waals surface area contributed by atoms with Crippen molar-refractivity contribution in [2.45, 2.75) is 38.2 Å². The van der Waals surface area contributed by atoms with Gasteiger partial charge in [0, 0.05) is 6.54 Å². The highest BCUT2D eigenvalue weighted by atomic mass is 16.3. The van der Waals surface area contributed by atoms with E-state index >= 15 is 0 Å². The molecule has 0 radical (unpaired) electrons. The van der Waals surface area contributed by atoms with Crippen LogP contribution in [0, 0.1) is 5.92 Å². The van der Waals surface area contributed by atoms with Crippen molar-refractivity contribution in [2.75, 3.05) is 11.9 Å². The highest BCUT2D eigenvalue weighted by Gasteiger charge is 2.31. The Kier molecular flexibility index (Phi) is 3.10. The predicted octanol–water partition coefficient (Wildman–Crippen LogP) is 1.71. The standard InChI is InChI=1S/C13H19N5O/c1-9-2-4-13(19,5-3-9)7-14-11-10-6-17-18-12(10)16-8-15-11/h6,8-9,19H,2-5,7H2,1H3,(H2,14,15,16,17,18). The Hall–Kier alpha value is -1.69. The van der Waals surface area contributed by atoms with Gasteiger partial charge in [-0.3, -0.25) is 5.10 Å². The van der Waals surface area contributed by atoms with Crippen LogP contribution >= 0.6 is 0 Å². The lowest BCUT2D eigenvalue weighted by molar-refractivity contribution is 0.00497. The topological polar surface area (TPSA) is 86.7 Å². The quantitative estimate of drug-likeness (QED) is 0.783. The molecule has 1 fully saturated rings. The summed E-state index contributed by atoms with van der Waals surface area (Å²) in [5.74, 6) is 1.45. The SMILES string of the molecule is CC1CCC(O)(CNc2ncnc3[nH]ncc23)CC1. The minimum absolute atomic E-state index is 0.525. The van der Waals surface area contributed by atoms with Crippen LogP contribution in [0.5, 0.6) is 0 Å². The molecule has 102 valence electrons. The zero-order valence-corrected chi connectivity index (χ0v) is 11.1. The minimum atomic E-state index is -0.618. The van der Waals surface area contributed by atoms with E-state index in [1.54, 1.807) is 6.20 Å². The number of aromatic amines is 1. The van der Waals surface area contributed by atoms with Gasteiger partial charge in [0.1, 0.15) is 12.1 Å². The Labute approximate surface area is 111 Å². The van der Waals surface area contributed by atoms with Crippen LogP contribution in [0.3, 0.4) is 0 Å². The lowest BCUT2D eigenvalue weighted by Gasteiger charge is -2.35. The number of rotatable bonds is 3. The van der Waals surface area contributed by atoms with Crippen LogP contribution in [0.25, 0.3) is 11.0 Å². The van der Waals surface area contributed by atoms with Crippen molar-refractivity contribution in [2.24, 2.45) is 5.92 Å². The van der Waals surface area contributed by atoms with Crippen molar-refractivity contribution in [1.82, 2.24) is 20.2 Å². The third-order valence-electron chi connectivity index (χ3n) is 4.04. The Morgan fingerprint density at radius 2 is 2.21 bits per heavy atom. The van der Waals surface area contributed by atoms with Gasteiger partial charge in [0.05, 0.1) is 17.2 Å². The first-order valence-corrected chi connectivity index (χ1v) is 6.77. The first-order valence-electron chi connectivity index (χ1n) is 6.77. The van der Waals surface area contributed by atoms with Gasteiger partial charge in [0.15, 0.2) is 5.65 Å². The molecule has 1 saturated carbocycles. The highest BCUT2D eigenvalue weighted by molar-refractivity contribution is 5.85. The van der Waals surface area contributed by atoms with Crippen LogP contribution in [0.15, 0.2) is 12.5 Å². The first-order chi connectivity index (χ1) is 9.16. The number of anilines is 1. The summed E-state index contributed by atoms with van der Waals surface area (Å²) in [6.45, 7) is 2.77. The van der Waals surface area contributed by atoms with E-state index in [0.717, 1.165) is 42.8 Å². The molecule has 0 aromatic carbocycles. The Morgan fingerprint density at radius 1 is 1.42 bits per heavy atom. The first kappa shape index (κ1) is 12.3. The molecule has 0 saturated heterocycles. The van der Waals surface area contributed by atoms with E-state index < -0.39 is 5.60 Å². The second kappa shape index (κ2) is 4.77. The molecule has 19 heavy (non-hydrogen) atoms. The summed E-state index contributed by atoms with van der Waals surface area (Å²) in [6.07, 6.45) is 7.06. The Morgan fingerprint density at radius 3 is 3.00 bits per heavy atom. The molecule has 2 aromatic rings. The van der Waals surface area contributed by atoms with Crippen molar-refractivity contribution in [3.8, 4) is 0 Å². The van der Waals surface area contributed by atoms with Crippen molar-refractivity contribution >= 4 is 16.9 Å². The average molecular weight is 261 g/mol. The monoisotopic (exact) mass is 261 g/mol. The van der Waals surface area contributed by atoms with Crippen LogP contribution in [0.1, 0.15) is 32.6 Å². The summed E-state index contributed by atoms with van der Waals surface area (Å²) in [5, 5.41) is 21.4. The average Bonchev–Trinajstić information content (AvgIpc) is 2.89. The molecule has 0 atom stereocenters. The van der Waals surface area contributed by atoms with Gasteiger partial charge in [-0.2, -0.15) is 5.10 Å². The van der Waals surface area contributed by atoms with Gasteiger partial charge in [-0.15, -0.1) is 0 Å². The molecule has 1 aliphatic carbocycles. The number of aromatic nitrogens is 4. The van der Waals surface area contributed by atoms with Crippen LogP contribution in [0.4, 0.5) is 5.82 Å². The largest absolute Gasteiger partial charge is 0.388 e. The van der Waals surface area contributed by atoms with E-state index in [2.05, 4.69) is 32.4 Å². The summed E-state index contributed by atoms with van der Waals surface area (Å²) in [7, 11) is 0. The number of hydrogen-bond acceptors (Lipinski definition) is 5. The summed E-state index contributed by atoms with van der Waals surface area (Å²) >= 11 is 0. The smallest absolute Gasteiger partial charge is 0.160 e. The lowest BCUT2D eigenvalue weighted by atomic mass is 9.79. The molecule has 2 aromatic heterocycles. The van der Waals surface area contributed by atoms with Crippen molar-refractivity contribution in [3.05, 3.63) is 12.5 Å². The van der Waals surface area contributed by atoms with Crippen molar-refractivity contribution in [1.29, 1.82) is 0 Å². The van der Waals surface area contributed by atoms with E-state index in [1.807, 2.05) is 0 Å². The Balaban J connectivity index is 1.70. The molecule has 0 amide bonds. The number of aliphatic hydroxyl groups is 1. The zero-order chi connectivity index (χ0) is 13.3. The molecule has 3 rings (SSSR count). The number of hydrogen-bond donors (Lipinski definition) is 3. The number of H-pyrrole nitrogens is 1. The van der Waals surface area contributed by atoms with E-state index in [4.69, 9.17) is 0 Å². The zero-order valence-electron chi connectivity index (χ0n) is 11.1. The maximum absolute atomic E-state index is 10.5.